The van der Waals surface area contributed by atoms with Crippen LogP contribution >= 0.6 is 11.3 Å². The van der Waals surface area contributed by atoms with Gasteiger partial charge in [0.15, 0.2) is 0 Å². The van der Waals surface area contributed by atoms with Crippen molar-refractivity contribution in [2.75, 3.05) is 0 Å². The standard InChI is InChI=1S/C8H11N3O3S2/c9-3-7-10-6(4-15-7)8(12)11-16(13,14)5-1-2-5/h4-5H,1-3,9H2,(H,11,12). The highest BCUT2D eigenvalue weighted by Gasteiger charge is 2.37. The monoisotopic (exact) mass is 261 g/mol. The van der Waals surface area contributed by atoms with Gasteiger partial charge in [0.05, 0.1) is 5.25 Å². The molecule has 0 aliphatic heterocycles. The predicted octanol–water partition coefficient (Wildman–Crippen LogP) is -0.176. The Morgan fingerprint density at radius 2 is 2.31 bits per heavy atom. The molecule has 6 nitrogen and oxygen atoms in total. The van der Waals surface area contributed by atoms with E-state index in [1.54, 1.807) is 0 Å². The van der Waals surface area contributed by atoms with Gasteiger partial charge in [-0.05, 0) is 12.8 Å². The fourth-order valence-corrected chi connectivity index (χ4v) is 3.09. The van der Waals surface area contributed by atoms with E-state index < -0.39 is 21.2 Å². The molecule has 0 unspecified atom stereocenters. The molecule has 0 atom stereocenters. The van der Waals surface area contributed by atoms with E-state index in [4.69, 9.17) is 5.73 Å². The molecule has 1 aromatic heterocycles. The van der Waals surface area contributed by atoms with E-state index in [9.17, 15) is 13.2 Å². The molecule has 0 aromatic carbocycles. The summed E-state index contributed by atoms with van der Waals surface area (Å²) in [7, 11) is -3.50. The molecule has 0 radical (unpaired) electrons. The average molecular weight is 261 g/mol. The lowest BCUT2D eigenvalue weighted by Crippen LogP contribution is -2.33. The van der Waals surface area contributed by atoms with E-state index in [0.717, 1.165) is 0 Å². The van der Waals surface area contributed by atoms with E-state index in [2.05, 4.69) is 4.98 Å². The Morgan fingerprint density at radius 3 is 2.81 bits per heavy atom. The first-order valence-electron chi connectivity index (χ1n) is 4.73. The molecule has 0 bridgehead atoms. The highest BCUT2D eigenvalue weighted by atomic mass is 32.2. The van der Waals surface area contributed by atoms with Crippen LogP contribution in [0.5, 0.6) is 0 Å². The number of hydrogen-bond acceptors (Lipinski definition) is 6. The molecule has 1 heterocycles. The highest BCUT2D eigenvalue weighted by Crippen LogP contribution is 2.27. The Kier molecular flexibility index (Phi) is 2.96. The topological polar surface area (TPSA) is 102 Å². The molecule has 0 saturated heterocycles. The third-order valence-corrected chi connectivity index (χ3v) is 4.85. The predicted molar refractivity (Wildman–Crippen MR) is 59.4 cm³/mol. The number of sulfonamides is 1. The summed E-state index contributed by atoms with van der Waals surface area (Å²) in [6, 6.07) is 0. The van der Waals surface area contributed by atoms with Crippen LogP contribution in [0, 0.1) is 0 Å². The molecule has 3 N–H and O–H groups in total. The molecule has 1 fully saturated rings. The largest absolute Gasteiger partial charge is 0.325 e. The van der Waals surface area contributed by atoms with Gasteiger partial charge in [0, 0.05) is 11.9 Å². The summed E-state index contributed by atoms with van der Waals surface area (Å²) in [5.74, 6) is -0.678. The lowest BCUT2D eigenvalue weighted by atomic mass is 10.5. The summed E-state index contributed by atoms with van der Waals surface area (Å²) in [4.78, 5) is 15.4. The van der Waals surface area contributed by atoms with Crippen LogP contribution in [-0.2, 0) is 16.6 Å². The minimum absolute atomic E-state index is 0.106. The smallest absolute Gasteiger partial charge is 0.284 e. The van der Waals surface area contributed by atoms with Crippen LogP contribution in [-0.4, -0.2) is 24.6 Å². The molecule has 16 heavy (non-hydrogen) atoms. The van der Waals surface area contributed by atoms with E-state index in [0.29, 0.717) is 17.8 Å². The maximum atomic E-state index is 11.5. The van der Waals surface area contributed by atoms with Gasteiger partial charge in [-0.15, -0.1) is 11.3 Å². The Labute approximate surface area is 96.9 Å². The van der Waals surface area contributed by atoms with Crippen molar-refractivity contribution in [2.24, 2.45) is 5.73 Å². The van der Waals surface area contributed by atoms with Gasteiger partial charge < -0.3 is 5.73 Å². The number of nitrogens with two attached hydrogens (primary N) is 1. The minimum Gasteiger partial charge on any atom is -0.325 e. The van der Waals surface area contributed by atoms with Crippen LogP contribution in [0.1, 0.15) is 28.3 Å². The van der Waals surface area contributed by atoms with Crippen molar-refractivity contribution in [2.45, 2.75) is 24.6 Å². The fourth-order valence-electron chi connectivity index (χ4n) is 1.15. The van der Waals surface area contributed by atoms with Crippen LogP contribution < -0.4 is 10.5 Å². The van der Waals surface area contributed by atoms with Gasteiger partial charge in [0.25, 0.3) is 5.91 Å². The first-order valence-corrected chi connectivity index (χ1v) is 7.16. The van der Waals surface area contributed by atoms with E-state index in [1.807, 2.05) is 4.72 Å². The van der Waals surface area contributed by atoms with E-state index in [-0.39, 0.29) is 12.2 Å². The van der Waals surface area contributed by atoms with Crippen molar-refractivity contribution in [1.29, 1.82) is 0 Å². The molecular weight excluding hydrogens is 250 g/mol. The second-order valence-electron chi connectivity index (χ2n) is 3.51. The number of rotatable bonds is 4. The second-order valence-corrected chi connectivity index (χ2v) is 6.41. The summed E-state index contributed by atoms with van der Waals surface area (Å²) in [5, 5.41) is 1.69. The number of thiazole rings is 1. The number of amides is 1. The summed E-state index contributed by atoms with van der Waals surface area (Å²) in [6.45, 7) is 0.243. The summed E-state index contributed by atoms with van der Waals surface area (Å²) >= 11 is 1.24. The van der Waals surface area contributed by atoms with Crippen LogP contribution in [0.25, 0.3) is 0 Å². The van der Waals surface area contributed by atoms with Crippen molar-refractivity contribution in [3.63, 3.8) is 0 Å². The third-order valence-electron chi connectivity index (χ3n) is 2.16. The zero-order valence-corrected chi connectivity index (χ0v) is 9.97. The van der Waals surface area contributed by atoms with Gasteiger partial charge in [-0.3, -0.25) is 4.79 Å². The third kappa shape index (κ3) is 2.39. The maximum Gasteiger partial charge on any atom is 0.284 e. The number of hydrogen-bond donors (Lipinski definition) is 2. The average Bonchev–Trinajstić information content (AvgIpc) is 2.97. The number of nitrogens with one attached hydrogen (secondary N) is 1. The number of nitrogens with zero attached hydrogens (tertiary/aromatic N) is 1. The first kappa shape index (κ1) is 11.5. The zero-order chi connectivity index (χ0) is 11.8. The number of carbonyl (C=O) groups is 1. The maximum absolute atomic E-state index is 11.5. The Bertz CT molecular complexity index is 504. The highest BCUT2D eigenvalue weighted by molar-refractivity contribution is 7.91. The molecule has 1 aliphatic rings. The lowest BCUT2D eigenvalue weighted by molar-refractivity contribution is 0.0977. The second kappa shape index (κ2) is 4.11. The molecule has 2 rings (SSSR count). The van der Waals surface area contributed by atoms with Crippen molar-refractivity contribution >= 4 is 27.3 Å². The van der Waals surface area contributed by atoms with Crippen LogP contribution in [0.4, 0.5) is 0 Å². The van der Waals surface area contributed by atoms with Crippen molar-refractivity contribution in [3.05, 3.63) is 16.1 Å². The van der Waals surface area contributed by atoms with E-state index >= 15 is 0 Å². The molecule has 88 valence electrons. The van der Waals surface area contributed by atoms with E-state index in [1.165, 1.54) is 16.7 Å². The molecule has 1 aliphatic carbocycles. The van der Waals surface area contributed by atoms with Gasteiger partial charge in [-0.2, -0.15) is 0 Å². The number of carbonyl (C=O) groups excluding carboxylic acids is 1. The SMILES string of the molecule is NCc1nc(C(=O)NS(=O)(=O)C2CC2)cs1. The van der Waals surface area contributed by atoms with Gasteiger partial charge >= 0.3 is 0 Å². The van der Waals surface area contributed by atoms with Crippen molar-refractivity contribution < 1.29 is 13.2 Å². The van der Waals surface area contributed by atoms with Gasteiger partial charge in [-0.25, -0.2) is 18.1 Å². The van der Waals surface area contributed by atoms with Gasteiger partial charge in [0.1, 0.15) is 10.7 Å². The number of aromatic nitrogens is 1. The molecular formula is C8H11N3O3S2. The lowest BCUT2D eigenvalue weighted by Gasteiger charge is -2.02. The molecule has 1 saturated carbocycles. The molecule has 8 heteroatoms. The Balaban J connectivity index is 2.08. The summed E-state index contributed by atoms with van der Waals surface area (Å²) in [5.41, 5.74) is 5.45. The van der Waals surface area contributed by atoms with Crippen LogP contribution in [0.3, 0.4) is 0 Å². The minimum atomic E-state index is -3.50. The Morgan fingerprint density at radius 1 is 1.62 bits per heavy atom. The quantitative estimate of drug-likeness (QED) is 0.783. The molecule has 1 amide bonds. The van der Waals surface area contributed by atoms with Crippen molar-refractivity contribution in [3.8, 4) is 0 Å². The van der Waals surface area contributed by atoms with Crippen LogP contribution in [0.15, 0.2) is 5.38 Å². The van der Waals surface area contributed by atoms with Crippen molar-refractivity contribution in [1.82, 2.24) is 9.71 Å². The first-order chi connectivity index (χ1) is 7.53. The fraction of sp³-hybridized carbons (Fsp3) is 0.500. The molecule has 0 spiro atoms. The zero-order valence-electron chi connectivity index (χ0n) is 8.34. The van der Waals surface area contributed by atoms with Gasteiger partial charge in [0.2, 0.25) is 10.0 Å². The molecule has 1 aromatic rings. The summed E-state index contributed by atoms with van der Waals surface area (Å²) in [6.07, 6.45) is 1.24. The van der Waals surface area contributed by atoms with Gasteiger partial charge in [-0.1, -0.05) is 0 Å². The summed E-state index contributed by atoms with van der Waals surface area (Å²) < 4.78 is 25.0. The normalized spacial score (nSPS) is 16.1. The Hall–Kier alpha value is -0.990. The van der Waals surface area contributed by atoms with Crippen LogP contribution in [0.2, 0.25) is 0 Å².